The van der Waals surface area contributed by atoms with Gasteiger partial charge in [0.2, 0.25) is 5.24 Å². The van der Waals surface area contributed by atoms with Crippen LogP contribution in [0.25, 0.3) is 0 Å². The molecule has 0 aliphatic heterocycles. The van der Waals surface area contributed by atoms with Gasteiger partial charge in [0.05, 0.1) is 10.0 Å². The maximum atomic E-state index is 9.58. The summed E-state index contributed by atoms with van der Waals surface area (Å²) < 4.78 is 0. The first-order chi connectivity index (χ1) is 6.07. The van der Waals surface area contributed by atoms with Gasteiger partial charge in [0.15, 0.2) is 0 Å². The van der Waals surface area contributed by atoms with Gasteiger partial charge in [-0.2, -0.15) is 0 Å². The van der Waals surface area contributed by atoms with Crippen molar-refractivity contribution < 1.29 is 10.3 Å². The van der Waals surface area contributed by atoms with Gasteiger partial charge in [-0.25, -0.2) is 0 Å². The van der Waals surface area contributed by atoms with Crippen LogP contribution in [0.2, 0.25) is 10.0 Å². The van der Waals surface area contributed by atoms with Crippen LogP contribution in [0.15, 0.2) is 24.3 Å². The van der Waals surface area contributed by atoms with Gasteiger partial charge in [0, 0.05) is 6.42 Å². The van der Waals surface area contributed by atoms with Crippen molar-refractivity contribution >= 4 is 40.0 Å². The molecule has 0 spiro atoms. The fourth-order valence-electron chi connectivity index (χ4n) is 0.439. The second-order valence-electron chi connectivity index (χ2n) is 2.12. The molecule has 0 aromatic heterocycles. The number of benzene rings is 1. The number of hydrogen-bond donors (Lipinski definition) is 0. The lowest BCUT2D eigenvalue weighted by molar-refractivity contribution is -0.111. The third-order valence-corrected chi connectivity index (χ3v) is 2.13. The van der Waals surface area contributed by atoms with Crippen LogP contribution in [0.5, 0.6) is 0 Å². The Bertz CT molecular complexity index is 256. The average molecular weight is 258 g/mol. The Labute approximate surface area is 98.1 Å². The molecule has 0 saturated carbocycles. The molecule has 0 fully saturated rings. The zero-order valence-electron chi connectivity index (χ0n) is 7.56. The number of halogens is 3. The Morgan fingerprint density at radius 1 is 1.21 bits per heavy atom. The summed E-state index contributed by atoms with van der Waals surface area (Å²) in [5, 5.41) is 0.938. The molecule has 1 aromatic rings. The summed E-state index contributed by atoms with van der Waals surface area (Å²) in [6.45, 7) is 1.72. The first-order valence-corrected chi connectivity index (χ1v) is 4.79. The molecule has 0 aliphatic rings. The number of rotatable bonds is 1. The Morgan fingerprint density at radius 3 is 1.64 bits per heavy atom. The van der Waals surface area contributed by atoms with Gasteiger partial charge in [-0.1, -0.05) is 42.3 Å². The van der Waals surface area contributed by atoms with Gasteiger partial charge in [-0.05, 0) is 23.7 Å². The van der Waals surface area contributed by atoms with E-state index in [0.29, 0.717) is 16.5 Å². The van der Waals surface area contributed by atoms with E-state index in [9.17, 15) is 4.79 Å². The summed E-state index contributed by atoms with van der Waals surface area (Å²) in [6, 6.07) is 7.19. The molecule has 1 rings (SSSR count). The highest BCUT2D eigenvalue weighted by atomic mass is 35.5. The third-order valence-electron chi connectivity index (χ3n) is 1.10. The summed E-state index contributed by atoms with van der Waals surface area (Å²) in [5.41, 5.74) is 0. The van der Waals surface area contributed by atoms with Gasteiger partial charge in [0.1, 0.15) is 0 Å². The van der Waals surface area contributed by atoms with Gasteiger partial charge in [0.25, 0.3) is 0 Å². The SMILES string of the molecule is CCC(=O)Cl.Clc1ccccc1Cl.O. The maximum Gasteiger partial charge on any atom is 0.221 e. The predicted octanol–water partition coefficient (Wildman–Crippen LogP) is 3.33. The standard InChI is InChI=1S/C6H4Cl2.C3H5ClO.H2O/c7-5-3-1-2-4-6(5)8;1-2-3(4)5;/h1-4H;2H2,1H3;1H2. The van der Waals surface area contributed by atoms with Crippen molar-refractivity contribution in [3.63, 3.8) is 0 Å². The molecule has 0 heterocycles. The molecule has 1 aromatic carbocycles. The van der Waals surface area contributed by atoms with Crippen molar-refractivity contribution in [2.45, 2.75) is 13.3 Å². The van der Waals surface area contributed by atoms with Crippen molar-refractivity contribution in [2.24, 2.45) is 0 Å². The molecule has 80 valence electrons. The van der Waals surface area contributed by atoms with Crippen molar-refractivity contribution in [2.75, 3.05) is 0 Å². The number of hydrogen-bond acceptors (Lipinski definition) is 1. The van der Waals surface area contributed by atoms with Gasteiger partial charge >= 0.3 is 0 Å². The minimum absolute atomic E-state index is 0. The zero-order chi connectivity index (χ0) is 10.3. The Balaban J connectivity index is 0. The van der Waals surface area contributed by atoms with Crippen molar-refractivity contribution in [1.29, 1.82) is 0 Å². The average Bonchev–Trinajstić information content (AvgIpc) is 2.11. The molecule has 0 amide bonds. The van der Waals surface area contributed by atoms with E-state index in [0.717, 1.165) is 0 Å². The highest BCUT2D eigenvalue weighted by Crippen LogP contribution is 2.19. The fourth-order valence-corrected chi connectivity index (χ4v) is 0.711. The molecule has 0 radical (unpaired) electrons. The van der Waals surface area contributed by atoms with Crippen LogP contribution < -0.4 is 0 Å². The quantitative estimate of drug-likeness (QED) is 0.712. The molecule has 14 heavy (non-hydrogen) atoms. The van der Waals surface area contributed by atoms with Crippen molar-refractivity contribution in [3.8, 4) is 0 Å². The lowest BCUT2D eigenvalue weighted by Crippen LogP contribution is -1.74. The van der Waals surface area contributed by atoms with Crippen LogP contribution in [0.3, 0.4) is 0 Å². The van der Waals surface area contributed by atoms with E-state index < -0.39 is 0 Å². The largest absolute Gasteiger partial charge is 0.412 e. The van der Waals surface area contributed by atoms with Gasteiger partial charge in [-0.3, -0.25) is 4.79 Å². The highest BCUT2D eigenvalue weighted by molar-refractivity contribution is 6.63. The number of carbonyl (C=O) groups excluding carboxylic acids is 1. The molecule has 0 atom stereocenters. The summed E-state index contributed by atoms with van der Waals surface area (Å²) in [4.78, 5) is 9.58. The van der Waals surface area contributed by atoms with Crippen molar-refractivity contribution in [1.82, 2.24) is 0 Å². The van der Waals surface area contributed by atoms with Gasteiger partial charge < -0.3 is 5.48 Å². The lowest BCUT2D eigenvalue weighted by Gasteiger charge is -1.88. The molecule has 2 nitrogen and oxygen atoms in total. The van der Waals surface area contributed by atoms with Crippen LogP contribution in [0.1, 0.15) is 13.3 Å². The van der Waals surface area contributed by atoms with Crippen LogP contribution in [-0.2, 0) is 4.79 Å². The zero-order valence-corrected chi connectivity index (χ0v) is 9.83. The third kappa shape index (κ3) is 8.32. The van der Waals surface area contributed by atoms with E-state index in [1.165, 1.54) is 0 Å². The van der Waals surface area contributed by atoms with E-state index in [2.05, 4.69) is 0 Å². The molecule has 0 unspecified atom stereocenters. The van der Waals surface area contributed by atoms with Crippen LogP contribution in [0, 0.1) is 0 Å². The molecule has 2 N–H and O–H groups in total. The summed E-state index contributed by atoms with van der Waals surface area (Å²) in [6.07, 6.45) is 0.432. The van der Waals surface area contributed by atoms with Crippen LogP contribution >= 0.6 is 34.8 Å². The lowest BCUT2D eigenvalue weighted by atomic mass is 10.4. The van der Waals surface area contributed by atoms with E-state index in [4.69, 9.17) is 34.8 Å². The molecule has 0 bridgehead atoms. The summed E-state index contributed by atoms with van der Waals surface area (Å²) in [5.74, 6) is 0. The van der Waals surface area contributed by atoms with E-state index in [1.807, 2.05) is 12.1 Å². The van der Waals surface area contributed by atoms with Crippen molar-refractivity contribution in [3.05, 3.63) is 34.3 Å². The predicted molar refractivity (Wildman–Crippen MR) is 61.2 cm³/mol. The normalized spacial score (nSPS) is 8.00. The topological polar surface area (TPSA) is 48.6 Å². The molecular formula is C9H11Cl3O2. The first-order valence-electron chi connectivity index (χ1n) is 3.66. The maximum absolute atomic E-state index is 9.58. The molecular weight excluding hydrogens is 246 g/mol. The van der Waals surface area contributed by atoms with Gasteiger partial charge in [-0.15, -0.1) is 0 Å². The van der Waals surface area contributed by atoms with E-state index in [1.54, 1.807) is 19.1 Å². The first kappa shape index (κ1) is 16.2. The number of carbonyl (C=O) groups is 1. The fraction of sp³-hybridized carbons (Fsp3) is 0.222. The second kappa shape index (κ2) is 9.28. The van der Waals surface area contributed by atoms with Crippen LogP contribution in [0.4, 0.5) is 0 Å². The summed E-state index contributed by atoms with van der Waals surface area (Å²) >= 11 is 16.0. The monoisotopic (exact) mass is 256 g/mol. The minimum Gasteiger partial charge on any atom is -0.412 e. The smallest absolute Gasteiger partial charge is 0.221 e. The summed E-state index contributed by atoms with van der Waals surface area (Å²) in [7, 11) is 0. The van der Waals surface area contributed by atoms with Crippen LogP contribution in [-0.4, -0.2) is 10.7 Å². The second-order valence-corrected chi connectivity index (χ2v) is 3.36. The Morgan fingerprint density at radius 2 is 1.50 bits per heavy atom. The highest BCUT2D eigenvalue weighted by Gasteiger charge is 1.89. The molecule has 5 heteroatoms. The van der Waals surface area contributed by atoms with E-state index >= 15 is 0 Å². The molecule has 0 saturated heterocycles. The molecule has 0 aliphatic carbocycles. The minimum atomic E-state index is -0.273. The Hall–Kier alpha value is -0.280. The Kier molecular flexibility index (Phi) is 10.7. The van der Waals surface area contributed by atoms with E-state index in [-0.39, 0.29) is 10.7 Å².